The van der Waals surface area contributed by atoms with E-state index >= 15 is 0 Å². The van der Waals surface area contributed by atoms with E-state index in [4.69, 9.17) is 4.74 Å². The van der Waals surface area contributed by atoms with Crippen LogP contribution in [0.5, 0.6) is 0 Å². The number of alkyl carbamates (subject to hydrolysis) is 1. The molecule has 2 N–H and O–H groups in total. The quantitative estimate of drug-likeness (QED) is 0.806. The van der Waals surface area contributed by atoms with Crippen LogP contribution in [0, 0.1) is 5.92 Å². The Kier molecular flexibility index (Phi) is 5.44. The van der Waals surface area contributed by atoms with E-state index < -0.39 is 30.2 Å². The van der Waals surface area contributed by atoms with Gasteiger partial charge in [-0.1, -0.05) is 62.4 Å². The normalized spacial score (nSPS) is 15.0. The van der Waals surface area contributed by atoms with Crippen molar-refractivity contribution in [1.82, 2.24) is 5.32 Å². The lowest BCUT2D eigenvalue weighted by atomic mass is 9.98. The fraction of sp³-hybridized carbons (Fsp3) is 0.333. The van der Waals surface area contributed by atoms with E-state index in [0.717, 1.165) is 22.3 Å². The molecule has 6 heteroatoms. The van der Waals surface area contributed by atoms with Gasteiger partial charge in [-0.3, -0.25) is 0 Å². The van der Waals surface area contributed by atoms with E-state index in [0.29, 0.717) is 0 Å². The van der Waals surface area contributed by atoms with Crippen LogP contribution < -0.4 is 5.32 Å². The molecule has 2 atom stereocenters. The number of rotatable bonds is 6. The van der Waals surface area contributed by atoms with E-state index in [9.17, 15) is 19.1 Å². The predicted molar refractivity (Wildman–Crippen MR) is 99.4 cm³/mol. The van der Waals surface area contributed by atoms with Crippen LogP contribution in [0.25, 0.3) is 11.1 Å². The van der Waals surface area contributed by atoms with Crippen LogP contribution in [-0.2, 0) is 9.53 Å². The lowest BCUT2D eigenvalue weighted by Gasteiger charge is -2.21. The van der Waals surface area contributed by atoms with Crippen molar-refractivity contribution in [2.24, 2.45) is 5.92 Å². The van der Waals surface area contributed by atoms with Crippen molar-refractivity contribution in [3.8, 4) is 11.1 Å². The number of hydrogen-bond donors (Lipinski definition) is 2. The van der Waals surface area contributed by atoms with Crippen molar-refractivity contribution in [1.29, 1.82) is 0 Å². The number of halogens is 1. The van der Waals surface area contributed by atoms with E-state index in [1.165, 1.54) is 0 Å². The monoisotopic (exact) mass is 371 g/mol. The molecule has 0 heterocycles. The summed E-state index contributed by atoms with van der Waals surface area (Å²) in [5.74, 6) is -2.11. The highest BCUT2D eigenvalue weighted by Gasteiger charge is 2.33. The topological polar surface area (TPSA) is 75.6 Å². The van der Waals surface area contributed by atoms with Gasteiger partial charge in [-0.05, 0) is 28.2 Å². The number of carbonyl (C=O) groups excluding carboxylic acids is 1. The maximum absolute atomic E-state index is 14.1. The van der Waals surface area contributed by atoms with Crippen molar-refractivity contribution in [2.75, 3.05) is 6.61 Å². The number of aliphatic carboxylic acids is 1. The van der Waals surface area contributed by atoms with Crippen LogP contribution in [0.2, 0.25) is 0 Å². The van der Waals surface area contributed by atoms with E-state index in [1.807, 2.05) is 48.5 Å². The molecule has 1 aliphatic carbocycles. The van der Waals surface area contributed by atoms with Gasteiger partial charge in [0.2, 0.25) is 0 Å². The Morgan fingerprint density at radius 1 is 1.07 bits per heavy atom. The summed E-state index contributed by atoms with van der Waals surface area (Å²) in [6.07, 6.45) is -2.64. The molecule has 3 rings (SSSR count). The molecule has 0 aliphatic heterocycles. The summed E-state index contributed by atoms with van der Waals surface area (Å²) < 4.78 is 19.4. The third-order valence-corrected chi connectivity index (χ3v) is 4.84. The predicted octanol–water partition coefficient (Wildman–Crippen LogP) is 3.97. The fourth-order valence-electron chi connectivity index (χ4n) is 3.43. The Morgan fingerprint density at radius 3 is 2.07 bits per heavy atom. The van der Waals surface area contributed by atoms with Gasteiger partial charge in [0.05, 0.1) is 0 Å². The molecule has 2 aromatic carbocycles. The summed E-state index contributed by atoms with van der Waals surface area (Å²) in [5, 5.41) is 11.3. The SMILES string of the molecule is CC(C)C(F)[C@H](NC(=O)OCC1c2ccccc2-c2ccccc21)C(=O)O. The number of carboxylic acid groups (broad SMARTS) is 1. The average Bonchev–Trinajstić information content (AvgIpc) is 2.97. The number of nitrogens with one attached hydrogen (secondary N) is 1. The zero-order chi connectivity index (χ0) is 19.6. The molecular formula is C21H22FNO4. The summed E-state index contributed by atoms with van der Waals surface area (Å²) in [6.45, 7) is 3.16. The smallest absolute Gasteiger partial charge is 0.407 e. The molecule has 1 amide bonds. The maximum atomic E-state index is 14.1. The molecule has 0 fully saturated rings. The first kappa shape index (κ1) is 18.9. The zero-order valence-electron chi connectivity index (χ0n) is 15.2. The standard InChI is InChI=1S/C21H22FNO4/c1-12(2)18(22)19(20(24)25)23-21(26)27-11-17-15-9-5-3-7-13(15)14-8-4-6-10-16(14)17/h3-10,12,17-19H,11H2,1-2H3,(H,23,26)(H,24,25)/t18?,19-/m0/s1. The van der Waals surface area contributed by atoms with Crippen molar-refractivity contribution in [3.63, 3.8) is 0 Å². The molecule has 0 saturated carbocycles. The van der Waals surface area contributed by atoms with Gasteiger partial charge in [-0.25, -0.2) is 14.0 Å². The highest BCUT2D eigenvalue weighted by atomic mass is 19.1. The van der Waals surface area contributed by atoms with Gasteiger partial charge < -0.3 is 15.2 Å². The largest absolute Gasteiger partial charge is 0.480 e. The molecule has 142 valence electrons. The summed E-state index contributed by atoms with van der Waals surface area (Å²) in [7, 11) is 0. The molecule has 27 heavy (non-hydrogen) atoms. The van der Waals surface area contributed by atoms with Gasteiger partial charge in [0.1, 0.15) is 12.8 Å². The number of carboxylic acids is 1. The summed E-state index contributed by atoms with van der Waals surface area (Å²) >= 11 is 0. The van der Waals surface area contributed by atoms with Gasteiger partial charge in [0, 0.05) is 5.92 Å². The van der Waals surface area contributed by atoms with Gasteiger partial charge in [-0.2, -0.15) is 0 Å². The first-order valence-electron chi connectivity index (χ1n) is 8.88. The van der Waals surface area contributed by atoms with E-state index in [1.54, 1.807) is 13.8 Å². The zero-order valence-corrected chi connectivity index (χ0v) is 15.2. The van der Waals surface area contributed by atoms with Crippen LogP contribution in [0.15, 0.2) is 48.5 Å². The van der Waals surface area contributed by atoms with Gasteiger partial charge in [0.15, 0.2) is 6.04 Å². The second-order valence-corrected chi connectivity index (χ2v) is 6.97. The van der Waals surface area contributed by atoms with Crippen molar-refractivity contribution in [2.45, 2.75) is 32.0 Å². The van der Waals surface area contributed by atoms with Crippen LogP contribution in [0.3, 0.4) is 0 Å². The Hall–Kier alpha value is -2.89. The number of hydrogen-bond acceptors (Lipinski definition) is 3. The van der Waals surface area contributed by atoms with Crippen molar-refractivity contribution >= 4 is 12.1 Å². The third kappa shape index (κ3) is 3.79. The minimum Gasteiger partial charge on any atom is -0.480 e. The van der Waals surface area contributed by atoms with E-state index in [2.05, 4.69) is 5.32 Å². The Balaban J connectivity index is 1.71. The van der Waals surface area contributed by atoms with Gasteiger partial charge >= 0.3 is 12.1 Å². The Bertz CT molecular complexity index is 806. The molecule has 1 aliphatic rings. The van der Waals surface area contributed by atoms with Crippen LogP contribution in [0.4, 0.5) is 9.18 Å². The summed E-state index contributed by atoms with van der Waals surface area (Å²) in [4.78, 5) is 23.4. The fourth-order valence-corrected chi connectivity index (χ4v) is 3.43. The highest BCUT2D eigenvalue weighted by molar-refractivity contribution is 5.81. The molecule has 5 nitrogen and oxygen atoms in total. The van der Waals surface area contributed by atoms with Crippen LogP contribution in [0.1, 0.15) is 30.9 Å². The average molecular weight is 371 g/mol. The summed E-state index contributed by atoms with van der Waals surface area (Å²) in [6, 6.07) is 14.1. The second kappa shape index (κ2) is 7.78. The Labute approximate surface area is 157 Å². The minimum absolute atomic E-state index is 0.0465. The second-order valence-electron chi connectivity index (χ2n) is 6.97. The van der Waals surface area contributed by atoms with Gasteiger partial charge in [0.25, 0.3) is 0 Å². The molecule has 0 spiro atoms. The number of benzene rings is 2. The van der Waals surface area contributed by atoms with E-state index in [-0.39, 0.29) is 12.5 Å². The molecule has 0 radical (unpaired) electrons. The van der Waals surface area contributed by atoms with Crippen LogP contribution >= 0.6 is 0 Å². The molecule has 0 bridgehead atoms. The summed E-state index contributed by atoms with van der Waals surface area (Å²) in [5.41, 5.74) is 4.28. The number of carbonyl (C=O) groups is 2. The third-order valence-electron chi connectivity index (χ3n) is 4.84. The number of fused-ring (bicyclic) bond motifs is 3. The van der Waals surface area contributed by atoms with Crippen LogP contribution in [-0.4, -0.2) is 36.0 Å². The molecule has 1 unspecified atom stereocenters. The highest BCUT2D eigenvalue weighted by Crippen LogP contribution is 2.44. The molecule has 0 aromatic heterocycles. The van der Waals surface area contributed by atoms with Crippen molar-refractivity contribution in [3.05, 3.63) is 59.7 Å². The minimum atomic E-state index is -1.71. The first-order chi connectivity index (χ1) is 12.9. The lowest BCUT2D eigenvalue weighted by Crippen LogP contribution is -2.49. The maximum Gasteiger partial charge on any atom is 0.407 e. The molecular weight excluding hydrogens is 349 g/mol. The molecule has 2 aromatic rings. The van der Waals surface area contributed by atoms with Gasteiger partial charge in [-0.15, -0.1) is 0 Å². The number of amides is 1. The lowest BCUT2D eigenvalue weighted by molar-refractivity contribution is -0.141. The molecule has 0 saturated heterocycles. The first-order valence-corrected chi connectivity index (χ1v) is 8.88. The van der Waals surface area contributed by atoms with Crippen molar-refractivity contribution < 1.29 is 23.8 Å². The number of alkyl halides is 1. The number of ether oxygens (including phenoxy) is 1. The Morgan fingerprint density at radius 2 is 1.59 bits per heavy atom.